The van der Waals surface area contributed by atoms with Gasteiger partial charge in [-0.3, -0.25) is 10.5 Å². The van der Waals surface area contributed by atoms with Gasteiger partial charge in [0.05, 0.1) is 22.4 Å². The van der Waals surface area contributed by atoms with Crippen molar-refractivity contribution in [3.05, 3.63) is 37.7 Å². The highest BCUT2D eigenvalue weighted by Crippen LogP contribution is 2.36. The molecule has 3 rings (SSSR count). The van der Waals surface area contributed by atoms with Gasteiger partial charge in [0, 0.05) is 16.8 Å². The van der Waals surface area contributed by atoms with Crippen LogP contribution in [0.1, 0.15) is 46.3 Å². The number of hydrogen-bond acceptors (Lipinski definition) is 4. The van der Waals surface area contributed by atoms with Crippen molar-refractivity contribution in [2.24, 2.45) is 12.9 Å². The fraction of sp³-hybridized carbons (Fsp3) is 0.500. The molecule has 1 unspecified atom stereocenters. The summed E-state index contributed by atoms with van der Waals surface area (Å²) in [6.07, 6.45) is 8.20. The van der Waals surface area contributed by atoms with Crippen LogP contribution in [-0.2, 0) is 19.9 Å². The molecule has 20 heavy (non-hydrogen) atoms. The molecule has 0 fully saturated rings. The van der Waals surface area contributed by atoms with E-state index in [0.29, 0.717) is 0 Å². The molecule has 0 saturated heterocycles. The zero-order valence-corrected chi connectivity index (χ0v) is 13.9. The molecule has 1 aliphatic rings. The summed E-state index contributed by atoms with van der Waals surface area (Å²) in [6, 6.07) is 2.32. The Kier molecular flexibility index (Phi) is 4.26. The van der Waals surface area contributed by atoms with Crippen LogP contribution in [0.3, 0.4) is 0 Å². The van der Waals surface area contributed by atoms with Crippen molar-refractivity contribution < 1.29 is 0 Å². The average molecular weight is 355 g/mol. The van der Waals surface area contributed by atoms with Crippen molar-refractivity contribution in [3.8, 4) is 0 Å². The number of fused-ring (bicyclic) bond motifs is 1. The first-order chi connectivity index (χ1) is 9.70. The van der Waals surface area contributed by atoms with Gasteiger partial charge in [0.25, 0.3) is 0 Å². The number of hydrogen-bond donors (Lipinski definition) is 2. The lowest BCUT2D eigenvalue weighted by molar-refractivity contribution is 0.579. The molecule has 0 amide bonds. The van der Waals surface area contributed by atoms with Crippen LogP contribution in [0.25, 0.3) is 0 Å². The van der Waals surface area contributed by atoms with E-state index in [9.17, 15) is 0 Å². The normalized spacial score (nSPS) is 16.8. The van der Waals surface area contributed by atoms with E-state index in [-0.39, 0.29) is 6.04 Å². The molecule has 0 spiro atoms. The summed E-state index contributed by atoms with van der Waals surface area (Å²) in [6.45, 7) is 0. The van der Waals surface area contributed by atoms with Crippen molar-refractivity contribution in [3.63, 3.8) is 0 Å². The smallest absolute Gasteiger partial charge is 0.0981 e. The third-order valence-electron chi connectivity index (χ3n) is 3.93. The molecule has 0 bridgehead atoms. The average Bonchev–Trinajstić information content (AvgIpc) is 2.90. The maximum atomic E-state index is 5.82. The van der Waals surface area contributed by atoms with E-state index < -0.39 is 0 Å². The molecule has 1 aliphatic carbocycles. The Balaban J connectivity index is 1.98. The molecule has 0 saturated carbocycles. The highest BCUT2D eigenvalue weighted by molar-refractivity contribution is 9.10. The van der Waals surface area contributed by atoms with Crippen LogP contribution in [0, 0.1) is 0 Å². The molecular formula is C14H19BrN4S. The molecule has 6 heteroatoms. The predicted octanol–water partition coefficient (Wildman–Crippen LogP) is 3.07. The second kappa shape index (κ2) is 5.97. The van der Waals surface area contributed by atoms with Crippen molar-refractivity contribution >= 4 is 27.3 Å². The van der Waals surface area contributed by atoms with Crippen molar-refractivity contribution in [1.82, 2.24) is 15.2 Å². The van der Waals surface area contributed by atoms with Gasteiger partial charge in [-0.1, -0.05) is 6.42 Å². The lowest BCUT2D eigenvalue weighted by Crippen LogP contribution is -2.30. The number of rotatable bonds is 3. The van der Waals surface area contributed by atoms with E-state index in [1.165, 1.54) is 47.4 Å². The van der Waals surface area contributed by atoms with Crippen molar-refractivity contribution in [2.75, 3.05) is 0 Å². The topological polar surface area (TPSA) is 55.9 Å². The lowest BCUT2D eigenvalue weighted by Gasteiger charge is -2.15. The Morgan fingerprint density at radius 3 is 2.90 bits per heavy atom. The van der Waals surface area contributed by atoms with Crippen LogP contribution >= 0.6 is 27.3 Å². The van der Waals surface area contributed by atoms with Gasteiger partial charge < -0.3 is 0 Å². The number of nitrogens with zero attached hydrogens (tertiary/aromatic N) is 2. The van der Waals surface area contributed by atoms with Gasteiger partial charge in [-0.05, 0) is 53.2 Å². The van der Waals surface area contributed by atoms with E-state index in [0.717, 1.165) is 10.2 Å². The number of nitrogens with one attached hydrogen (secondary N) is 1. The summed E-state index contributed by atoms with van der Waals surface area (Å²) in [5.74, 6) is 5.82. The van der Waals surface area contributed by atoms with Crippen LogP contribution in [0.4, 0.5) is 0 Å². The lowest BCUT2D eigenvalue weighted by atomic mass is 10.1. The van der Waals surface area contributed by atoms with Gasteiger partial charge in [-0.25, -0.2) is 5.43 Å². The van der Waals surface area contributed by atoms with Gasteiger partial charge in [0.1, 0.15) is 0 Å². The van der Waals surface area contributed by atoms with Crippen molar-refractivity contribution in [1.29, 1.82) is 0 Å². The van der Waals surface area contributed by atoms with E-state index in [4.69, 9.17) is 5.84 Å². The summed E-state index contributed by atoms with van der Waals surface area (Å²) < 4.78 is 2.87. The Bertz CT molecular complexity index is 561. The van der Waals surface area contributed by atoms with Crippen molar-refractivity contribution in [2.45, 2.75) is 38.1 Å². The Morgan fingerprint density at radius 2 is 2.20 bits per heavy atom. The van der Waals surface area contributed by atoms with Gasteiger partial charge in [0.15, 0.2) is 0 Å². The summed E-state index contributed by atoms with van der Waals surface area (Å²) in [4.78, 5) is 2.82. The quantitative estimate of drug-likeness (QED) is 0.505. The minimum Gasteiger partial charge on any atom is -0.270 e. The number of aromatic nitrogens is 2. The van der Waals surface area contributed by atoms with Gasteiger partial charge in [-0.2, -0.15) is 5.10 Å². The van der Waals surface area contributed by atoms with E-state index >= 15 is 0 Å². The summed E-state index contributed by atoms with van der Waals surface area (Å²) in [7, 11) is 1.95. The van der Waals surface area contributed by atoms with Gasteiger partial charge >= 0.3 is 0 Å². The largest absolute Gasteiger partial charge is 0.270 e. The number of thiophene rings is 1. The molecule has 0 radical (unpaired) electrons. The molecule has 108 valence electrons. The summed E-state index contributed by atoms with van der Waals surface area (Å²) in [5, 5.41) is 4.29. The first-order valence-corrected chi connectivity index (χ1v) is 8.56. The van der Waals surface area contributed by atoms with E-state index in [1.807, 2.05) is 29.3 Å². The maximum Gasteiger partial charge on any atom is 0.0981 e. The fourth-order valence-electron chi connectivity index (χ4n) is 2.87. The first-order valence-electron chi connectivity index (χ1n) is 6.95. The van der Waals surface area contributed by atoms with Crippen LogP contribution in [-0.4, -0.2) is 9.78 Å². The third-order valence-corrected chi connectivity index (χ3v) is 5.84. The monoisotopic (exact) mass is 354 g/mol. The fourth-order valence-corrected chi connectivity index (χ4v) is 4.77. The van der Waals surface area contributed by atoms with E-state index in [2.05, 4.69) is 32.5 Å². The zero-order valence-electron chi connectivity index (χ0n) is 11.5. The first kappa shape index (κ1) is 14.3. The van der Waals surface area contributed by atoms with Crippen LogP contribution in [0.15, 0.2) is 16.7 Å². The Morgan fingerprint density at radius 1 is 1.40 bits per heavy atom. The van der Waals surface area contributed by atoms with Crippen LogP contribution in [0.5, 0.6) is 0 Å². The molecule has 2 aromatic heterocycles. The maximum absolute atomic E-state index is 5.82. The summed E-state index contributed by atoms with van der Waals surface area (Å²) in [5.41, 5.74) is 5.53. The third kappa shape index (κ3) is 2.57. The second-order valence-electron chi connectivity index (χ2n) is 5.26. The SMILES string of the molecule is Cn1ncc(Br)c1C(NN)c1cc2c(s1)CCCCC2. The highest BCUT2D eigenvalue weighted by atomic mass is 79.9. The number of aryl methyl sites for hydroxylation is 3. The molecule has 2 heterocycles. The number of nitrogens with two attached hydrogens (primary N) is 1. The summed E-state index contributed by atoms with van der Waals surface area (Å²) >= 11 is 5.46. The van der Waals surface area contributed by atoms with Gasteiger partial charge in [-0.15, -0.1) is 11.3 Å². The molecule has 0 aliphatic heterocycles. The predicted molar refractivity (Wildman–Crippen MR) is 85.7 cm³/mol. The van der Waals surface area contributed by atoms with Crippen LogP contribution < -0.4 is 11.3 Å². The molecule has 1 atom stereocenters. The molecular weight excluding hydrogens is 336 g/mol. The number of halogens is 1. The molecule has 0 aromatic carbocycles. The highest BCUT2D eigenvalue weighted by Gasteiger charge is 2.23. The minimum atomic E-state index is -0.00574. The molecule has 4 nitrogen and oxygen atoms in total. The Hall–Kier alpha value is -0.690. The number of hydrazine groups is 1. The minimum absolute atomic E-state index is 0.00574. The van der Waals surface area contributed by atoms with E-state index in [1.54, 1.807) is 0 Å². The second-order valence-corrected chi connectivity index (χ2v) is 7.28. The Labute approximate surface area is 131 Å². The van der Waals surface area contributed by atoms with Gasteiger partial charge in [0.2, 0.25) is 0 Å². The standard InChI is InChI=1S/C14H19BrN4S/c1-19-14(10(15)8-17-19)13(18-16)12-7-9-5-3-2-4-6-11(9)20-12/h7-8,13,18H,2-6,16H2,1H3. The molecule has 3 N–H and O–H groups in total. The zero-order chi connectivity index (χ0) is 14.1. The van der Waals surface area contributed by atoms with Crippen LogP contribution in [0.2, 0.25) is 0 Å². The molecule has 2 aromatic rings.